The molecule has 1 unspecified atom stereocenters. The van der Waals surface area contributed by atoms with E-state index >= 15 is 0 Å². The van der Waals surface area contributed by atoms with Crippen LogP contribution < -0.4 is 10.1 Å². The predicted molar refractivity (Wildman–Crippen MR) is 79.1 cm³/mol. The highest BCUT2D eigenvalue weighted by atomic mass is 35.5. The maximum Gasteiger partial charge on any atom is 0.257 e. The fraction of sp³-hybridized carbons (Fsp3) is 0.500. The summed E-state index contributed by atoms with van der Waals surface area (Å²) in [6.07, 6.45) is 0.875. The number of alkyl halides is 1. The van der Waals surface area contributed by atoms with E-state index in [4.69, 9.17) is 27.9 Å². The molecular formula is C14H19Cl2NO2. The Hall–Kier alpha value is -0.930. The van der Waals surface area contributed by atoms with Crippen molar-refractivity contribution >= 4 is 29.1 Å². The van der Waals surface area contributed by atoms with Crippen molar-refractivity contribution in [3.63, 3.8) is 0 Å². The topological polar surface area (TPSA) is 38.3 Å². The maximum atomic E-state index is 11.6. The van der Waals surface area contributed by atoms with Crippen LogP contribution in [0.15, 0.2) is 24.3 Å². The van der Waals surface area contributed by atoms with Crippen molar-refractivity contribution in [3.05, 3.63) is 29.3 Å². The van der Waals surface area contributed by atoms with E-state index in [1.807, 2.05) is 0 Å². The zero-order valence-electron chi connectivity index (χ0n) is 11.2. The van der Waals surface area contributed by atoms with Crippen LogP contribution in [0.5, 0.6) is 5.75 Å². The smallest absolute Gasteiger partial charge is 0.257 e. The zero-order valence-corrected chi connectivity index (χ0v) is 12.7. The first kappa shape index (κ1) is 16.1. The summed E-state index contributed by atoms with van der Waals surface area (Å²) in [5, 5.41) is 3.34. The maximum absolute atomic E-state index is 11.6. The van der Waals surface area contributed by atoms with E-state index in [1.165, 1.54) is 0 Å². The van der Waals surface area contributed by atoms with E-state index in [0.717, 1.165) is 6.42 Å². The number of nitrogens with one attached hydrogen (secondary N) is 1. The average Bonchev–Trinajstić information content (AvgIpc) is 2.35. The molecule has 3 nitrogen and oxygen atoms in total. The second-order valence-corrected chi connectivity index (χ2v) is 5.83. The summed E-state index contributed by atoms with van der Waals surface area (Å²) in [6, 6.07) is 6.87. The third-order valence-electron chi connectivity index (χ3n) is 2.43. The summed E-state index contributed by atoms with van der Waals surface area (Å²) in [5.41, 5.74) is 0. The molecule has 1 aromatic carbocycles. The Morgan fingerprint density at radius 2 is 1.95 bits per heavy atom. The van der Waals surface area contributed by atoms with Gasteiger partial charge in [0.2, 0.25) is 0 Å². The van der Waals surface area contributed by atoms with E-state index in [0.29, 0.717) is 23.2 Å². The molecule has 1 atom stereocenters. The van der Waals surface area contributed by atoms with Crippen LogP contribution in [0.3, 0.4) is 0 Å². The molecule has 0 aromatic heterocycles. The van der Waals surface area contributed by atoms with E-state index in [2.05, 4.69) is 19.2 Å². The summed E-state index contributed by atoms with van der Waals surface area (Å²) in [7, 11) is 0. The molecule has 106 valence electrons. The number of rotatable bonds is 7. The third-order valence-corrected chi connectivity index (χ3v) is 3.02. The largest absolute Gasteiger partial charge is 0.484 e. The highest BCUT2D eigenvalue weighted by Gasteiger charge is 2.09. The first-order valence-corrected chi connectivity index (χ1v) is 7.08. The van der Waals surface area contributed by atoms with Crippen LogP contribution in [0.25, 0.3) is 0 Å². The zero-order chi connectivity index (χ0) is 14.3. The lowest BCUT2D eigenvalue weighted by atomic mass is 10.1. The number of benzene rings is 1. The highest BCUT2D eigenvalue weighted by molar-refractivity contribution is 6.30. The van der Waals surface area contributed by atoms with Crippen LogP contribution in [-0.4, -0.2) is 24.4 Å². The Balaban J connectivity index is 2.22. The molecule has 0 aliphatic heterocycles. The number of carbonyl (C=O) groups is 1. The van der Waals surface area contributed by atoms with E-state index in [9.17, 15) is 4.79 Å². The monoisotopic (exact) mass is 303 g/mol. The van der Waals surface area contributed by atoms with Gasteiger partial charge in [0.15, 0.2) is 6.61 Å². The van der Waals surface area contributed by atoms with Crippen LogP contribution in [0.1, 0.15) is 20.3 Å². The second-order valence-electron chi connectivity index (χ2n) is 4.77. The van der Waals surface area contributed by atoms with Gasteiger partial charge in [-0.1, -0.05) is 25.4 Å². The lowest BCUT2D eigenvalue weighted by Gasteiger charge is -2.13. The quantitative estimate of drug-likeness (QED) is 0.783. The molecule has 0 aliphatic carbocycles. The van der Waals surface area contributed by atoms with E-state index in [1.54, 1.807) is 24.3 Å². The summed E-state index contributed by atoms with van der Waals surface area (Å²) >= 11 is 11.8. The number of hydrogen-bond donors (Lipinski definition) is 1. The Labute approximate surface area is 124 Å². The summed E-state index contributed by atoms with van der Waals surface area (Å²) in [6.45, 7) is 4.64. The molecule has 0 spiro atoms. The van der Waals surface area contributed by atoms with Crippen LogP contribution in [0, 0.1) is 5.92 Å². The lowest BCUT2D eigenvalue weighted by molar-refractivity contribution is -0.123. The van der Waals surface area contributed by atoms with Gasteiger partial charge < -0.3 is 10.1 Å². The van der Waals surface area contributed by atoms with Crippen molar-refractivity contribution in [2.24, 2.45) is 5.92 Å². The fourth-order valence-corrected chi connectivity index (χ4v) is 2.11. The van der Waals surface area contributed by atoms with Crippen molar-refractivity contribution in [1.29, 1.82) is 0 Å². The Kier molecular flexibility index (Phi) is 7.03. The minimum absolute atomic E-state index is 0.0209. The van der Waals surface area contributed by atoms with Crippen molar-refractivity contribution < 1.29 is 9.53 Å². The molecule has 0 aliphatic rings. The van der Waals surface area contributed by atoms with Gasteiger partial charge in [-0.05, 0) is 36.6 Å². The van der Waals surface area contributed by atoms with Gasteiger partial charge in [0.05, 0.1) is 5.38 Å². The first-order chi connectivity index (χ1) is 8.97. The number of amides is 1. The van der Waals surface area contributed by atoms with Gasteiger partial charge in [0.1, 0.15) is 5.75 Å². The molecular weight excluding hydrogens is 285 g/mol. The van der Waals surface area contributed by atoms with Crippen molar-refractivity contribution in [1.82, 2.24) is 5.32 Å². The van der Waals surface area contributed by atoms with Crippen molar-refractivity contribution in [3.8, 4) is 5.75 Å². The molecule has 0 radical (unpaired) electrons. The molecule has 1 N–H and O–H groups in total. The minimum atomic E-state index is -0.177. The molecule has 19 heavy (non-hydrogen) atoms. The van der Waals surface area contributed by atoms with Crippen LogP contribution >= 0.6 is 23.2 Å². The van der Waals surface area contributed by atoms with Gasteiger partial charge in [-0.25, -0.2) is 0 Å². The molecule has 5 heteroatoms. The van der Waals surface area contributed by atoms with Crippen LogP contribution in [0.2, 0.25) is 5.02 Å². The van der Waals surface area contributed by atoms with Crippen LogP contribution in [-0.2, 0) is 4.79 Å². The fourth-order valence-electron chi connectivity index (χ4n) is 1.55. The average molecular weight is 304 g/mol. The third kappa shape index (κ3) is 7.28. The molecule has 0 heterocycles. The van der Waals surface area contributed by atoms with Gasteiger partial charge in [-0.2, -0.15) is 0 Å². The van der Waals surface area contributed by atoms with Gasteiger partial charge in [-0.3, -0.25) is 4.79 Å². The molecule has 0 saturated carbocycles. The molecule has 0 bridgehead atoms. The SMILES string of the molecule is CC(C)CC(Cl)CNC(=O)COc1ccc(Cl)cc1. The van der Waals surface area contributed by atoms with Gasteiger partial charge in [0.25, 0.3) is 5.91 Å². The summed E-state index contributed by atoms with van der Waals surface area (Å²) in [5.74, 6) is 0.957. The lowest BCUT2D eigenvalue weighted by Crippen LogP contribution is -2.33. The summed E-state index contributed by atoms with van der Waals surface area (Å²) in [4.78, 5) is 11.6. The van der Waals surface area contributed by atoms with E-state index < -0.39 is 0 Å². The predicted octanol–water partition coefficient (Wildman–Crippen LogP) is 3.49. The molecule has 1 amide bonds. The number of hydrogen-bond acceptors (Lipinski definition) is 2. The van der Waals surface area contributed by atoms with Crippen molar-refractivity contribution in [2.45, 2.75) is 25.6 Å². The minimum Gasteiger partial charge on any atom is -0.484 e. The first-order valence-electron chi connectivity index (χ1n) is 6.26. The van der Waals surface area contributed by atoms with Crippen molar-refractivity contribution in [2.75, 3.05) is 13.2 Å². The van der Waals surface area contributed by atoms with Gasteiger partial charge >= 0.3 is 0 Å². The number of halogens is 2. The Morgan fingerprint density at radius 1 is 1.32 bits per heavy atom. The normalized spacial score (nSPS) is 12.3. The van der Waals surface area contributed by atoms with E-state index in [-0.39, 0.29) is 17.9 Å². The molecule has 0 saturated heterocycles. The molecule has 1 aromatic rings. The standard InChI is InChI=1S/C14H19Cl2NO2/c1-10(2)7-12(16)8-17-14(18)9-19-13-5-3-11(15)4-6-13/h3-6,10,12H,7-9H2,1-2H3,(H,17,18). The number of ether oxygens (including phenoxy) is 1. The second kappa shape index (κ2) is 8.28. The molecule has 1 rings (SSSR count). The Morgan fingerprint density at radius 3 is 2.53 bits per heavy atom. The highest BCUT2D eigenvalue weighted by Crippen LogP contribution is 2.15. The summed E-state index contributed by atoms with van der Waals surface area (Å²) < 4.78 is 5.32. The Bertz CT molecular complexity index is 393. The van der Waals surface area contributed by atoms with Gasteiger partial charge in [0, 0.05) is 11.6 Å². The van der Waals surface area contributed by atoms with Gasteiger partial charge in [-0.15, -0.1) is 11.6 Å². The molecule has 0 fully saturated rings. The van der Waals surface area contributed by atoms with Crippen LogP contribution in [0.4, 0.5) is 0 Å². The number of carbonyl (C=O) groups excluding carboxylic acids is 1.